The molecule has 3 aromatic rings. The second-order valence-corrected chi connectivity index (χ2v) is 12.2. The summed E-state index contributed by atoms with van der Waals surface area (Å²) in [5, 5.41) is 10.9. The molecule has 2 aliphatic rings. The number of rotatable bonds is 10. The van der Waals surface area contributed by atoms with Crippen molar-refractivity contribution in [3.8, 4) is 0 Å². The summed E-state index contributed by atoms with van der Waals surface area (Å²) < 4.78 is 36.0. The topological polar surface area (TPSA) is 163 Å². The van der Waals surface area contributed by atoms with E-state index < -0.39 is 22.0 Å². The van der Waals surface area contributed by atoms with E-state index >= 15 is 0 Å². The summed E-state index contributed by atoms with van der Waals surface area (Å²) in [7, 11) is -3.77. The Kier molecular flexibility index (Phi) is 8.99. The highest BCUT2D eigenvalue weighted by Crippen LogP contribution is 2.34. The Labute approximate surface area is 251 Å². The molecule has 0 radical (unpaired) electrons. The first-order chi connectivity index (χ1) is 20.6. The largest absolute Gasteiger partial charge is 0.355 e. The fraction of sp³-hybridized carbons (Fsp3) is 0.207. The third-order valence-corrected chi connectivity index (χ3v) is 8.52. The average molecular weight is 623 g/mol. The molecule has 11 nitrogen and oxygen atoms in total. The number of carbonyl (C=O) groups is 3. The number of amidine groups is 2. The fourth-order valence-corrected chi connectivity index (χ4v) is 5.80. The zero-order valence-electron chi connectivity index (χ0n) is 22.7. The Balaban J connectivity index is 1.18. The molecule has 0 fully saturated rings. The maximum Gasteiger partial charge on any atom is 0.259 e. The second-order valence-electron chi connectivity index (χ2n) is 9.74. The predicted molar refractivity (Wildman–Crippen MR) is 161 cm³/mol. The van der Waals surface area contributed by atoms with Crippen LogP contribution in [-0.4, -0.2) is 60.4 Å². The van der Waals surface area contributed by atoms with Crippen molar-refractivity contribution >= 4 is 56.2 Å². The van der Waals surface area contributed by atoms with Crippen molar-refractivity contribution in [2.24, 2.45) is 15.1 Å². The van der Waals surface area contributed by atoms with E-state index in [0.717, 1.165) is 17.3 Å². The van der Waals surface area contributed by atoms with Gasteiger partial charge in [0.1, 0.15) is 17.7 Å². The summed E-state index contributed by atoms with van der Waals surface area (Å²) >= 11 is 1.08. The normalized spacial score (nSPS) is 15.7. The van der Waals surface area contributed by atoms with Gasteiger partial charge >= 0.3 is 0 Å². The molecule has 0 bridgehead atoms. The fourth-order valence-electron chi connectivity index (χ4n) is 4.46. The maximum absolute atomic E-state index is 13.4. The van der Waals surface area contributed by atoms with Gasteiger partial charge in [-0.05, 0) is 53.9 Å². The number of aliphatic imine (C=N–C) groups is 2. The number of halogens is 1. The van der Waals surface area contributed by atoms with Crippen LogP contribution in [0.3, 0.4) is 0 Å². The minimum absolute atomic E-state index is 0.0127. The van der Waals surface area contributed by atoms with Crippen molar-refractivity contribution in [1.82, 2.24) is 15.5 Å². The van der Waals surface area contributed by atoms with Gasteiger partial charge in [-0.25, -0.2) is 27.8 Å². The van der Waals surface area contributed by atoms with Crippen molar-refractivity contribution in [2.45, 2.75) is 30.3 Å². The molecule has 0 aromatic heterocycles. The van der Waals surface area contributed by atoms with E-state index in [1.54, 1.807) is 48.5 Å². The van der Waals surface area contributed by atoms with Gasteiger partial charge in [-0.1, -0.05) is 48.2 Å². The van der Waals surface area contributed by atoms with Crippen LogP contribution < -0.4 is 15.8 Å². The molecule has 5 rings (SSSR count). The molecule has 2 heterocycles. The van der Waals surface area contributed by atoms with Crippen molar-refractivity contribution < 1.29 is 27.2 Å². The predicted octanol–water partition coefficient (Wildman–Crippen LogP) is 2.23. The van der Waals surface area contributed by atoms with Crippen LogP contribution in [0.1, 0.15) is 23.1 Å². The summed E-state index contributed by atoms with van der Waals surface area (Å²) in [6.07, 6.45) is 0.292. The Morgan fingerprint density at radius 1 is 0.953 bits per heavy atom. The van der Waals surface area contributed by atoms with Crippen molar-refractivity contribution in [3.63, 3.8) is 0 Å². The third kappa shape index (κ3) is 7.34. The highest BCUT2D eigenvalue weighted by atomic mass is 32.2. The molecule has 3 aromatic carbocycles. The molecule has 1 atom stereocenters. The number of amides is 3. The Hall–Kier alpha value is -4.40. The highest BCUT2D eigenvalue weighted by Gasteiger charge is 2.42. The van der Waals surface area contributed by atoms with Crippen LogP contribution in [0.2, 0.25) is 0 Å². The van der Waals surface area contributed by atoms with E-state index in [4.69, 9.17) is 5.14 Å². The smallest absolute Gasteiger partial charge is 0.259 e. The molecular weight excluding hydrogens is 595 g/mol. The first kappa shape index (κ1) is 30.1. The number of sulfonamides is 1. The Bertz CT molecular complexity index is 1730. The summed E-state index contributed by atoms with van der Waals surface area (Å²) in [6.45, 7) is 0.496. The zero-order valence-corrected chi connectivity index (χ0v) is 24.3. The first-order valence-electron chi connectivity index (χ1n) is 13.2. The standard InChI is InChI=1S/C29H27FN6O5S2/c30-20-9-5-19(6-10-20)16-33-25(37)15-24-28(39)36-27(34-24)22-3-1-2-4-23(22)35-29(36)42-17-26(38)32-14-13-18-7-11-21(12-8-18)43(31,40)41/h1-12,24H,13-17H2,(H,32,38)(H,33,37)(H2,31,40,41). The molecule has 222 valence electrons. The molecule has 0 spiro atoms. The van der Waals surface area contributed by atoms with E-state index in [1.807, 2.05) is 0 Å². The van der Waals surface area contributed by atoms with Gasteiger partial charge in [0, 0.05) is 18.7 Å². The van der Waals surface area contributed by atoms with Crippen molar-refractivity contribution in [1.29, 1.82) is 0 Å². The lowest BCUT2D eigenvalue weighted by atomic mass is 10.1. The molecule has 0 aliphatic carbocycles. The SMILES string of the molecule is NS(=O)(=O)c1ccc(CCNC(=O)CSC2=Nc3ccccc3C3=NC(CC(=O)NCc4ccc(F)cc4)C(=O)N23)cc1. The molecule has 0 saturated heterocycles. The lowest BCUT2D eigenvalue weighted by Gasteiger charge is -2.25. The molecule has 0 saturated carbocycles. The van der Waals surface area contributed by atoms with E-state index in [9.17, 15) is 27.2 Å². The molecule has 1 unspecified atom stereocenters. The minimum atomic E-state index is -3.77. The number of primary sulfonamides is 1. The monoisotopic (exact) mass is 622 g/mol. The second kappa shape index (κ2) is 12.9. The van der Waals surface area contributed by atoms with E-state index in [-0.39, 0.29) is 46.4 Å². The van der Waals surface area contributed by atoms with E-state index in [2.05, 4.69) is 20.6 Å². The van der Waals surface area contributed by atoms with Gasteiger partial charge in [0.05, 0.1) is 22.8 Å². The molecule has 2 aliphatic heterocycles. The average Bonchev–Trinajstić information content (AvgIpc) is 3.31. The number of fused-ring (bicyclic) bond motifs is 3. The zero-order chi connectivity index (χ0) is 30.6. The number of hydrogen-bond donors (Lipinski definition) is 3. The minimum Gasteiger partial charge on any atom is -0.355 e. The van der Waals surface area contributed by atoms with Crippen LogP contribution in [0.15, 0.2) is 87.7 Å². The van der Waals surface area contributed by atoms with Gasteiger partial charge in [-0.2, -0.15) is 0 Å². The summed E-state index contributed by atoms with van der Waals surface area (Å²) in [6, 6.07) is 18.1. The van der Waals surface area contributed by atoms with Gasteiger partial charge in [0.15, 0.2) is 5.17 Å². The number of thioether (sulfide) groups is 1. The molecule has 43 heavy (non-hydrogen) atoms. The lowest BCUT2D eigenvalue weighted by Crippen LogP contribution is -2.42. The Morgan fingerprint density at radius 3 is 2.37 bits per heavy atom. The van der Waals surface area contributed by atoms with Crippen molar-refractivity contribution in [3.05, 3.63) is 95.3 Å². The molecule has 4 N–H and O–H groups in total. The summed E-state index contributed by atoms with van der Waals surface area (Å²) in [4.78, 5) is 49.2. The molecular formula is C29H27FN6O5S2. The van der Waals surface area contributed by atoms with Crippen LogP contribution in [0, 0.1) is 5.82 Å². The number of carbonyl (C=O) groups excluding carboxylic acids is 3. The first-order valence-corrected chi connectivity index (χ1v) is 15.7. The van der Waals surface area contributed by atoms with Crippen LogP contribution in [0.5, 0.6) is 0 Å². The van der Waals surface area contributed by atoms with Gasteiger partial charge in [0.2, 0.25) is 21.8 Å². The molecule has 14 heteroatoms. The lowest BCUT2D eigenvalue weighted by molar-refractivity contribution is -0.128. The number of benzene rings is 3. The van der Waals surface area contributed by atoms with E-state index in [0.29, 0.717) is 35.6 Å². The van der Waals surface area contributed by atoms with Gasteiger partial charge in [0.25, 0.3) is 5.91 Å². The maximum atomic E-state index is 13.4. The highest BCUT2D eigenvalue weighted by molar-refractivity contribution is 8.14. The molecule has 3 amide bonds. The number of para-hydroxylation sites is 1. The van der Waals surface area contributed by atoms with Crippen LogP contribution in [0.25, 0.3) is 0 Å². The number of nitrogens with zero attached hydrogens (tertiary/aromatic N) is 3. The van der Waals surface area contributed by atoms with Crippen LogP contribution >= 0.6 is 11.8 Å². The van der Waals surface area contributed by atoms with Gasteiger partial charge < -0.3 is 10.6 Å². The summed E-state index contributed by atoms with van der Waals surface area (Å²) in [5.74, 6) is -1.11. The van der Waals surface area contributed by atoms with Gasteiger partial charge in [-0.3, -0.25) is 19.4 Å². The third-order valence-electron chi connectivity index (χ3n) is 6.65. The quantitative estimate of drug-likeness (QED) is 0.314. The summed E-state index contributed by atoms with van der Waals surface area (Å²) in [5.41, 5.74) is 2.78. The van der Waals surface area contributed by atoms with Crippen molar-refractivity contribution in [2.75, 3.05) is 12.3 Å². The van der Waals surface area contributed by atoms with Crippen LogP contribution in [-0.2, 0) is 37.4 Å². The number of nitrogens with two attached hydrogens (primary N) is 1. The van der Waals surface area contributed by atoms with Crippen LogP contribution in [0.4, 0.5) is 10.1 Å². The number of nitrogens with one attached hydrogen (secondary N) is 2. The number of hydrogen-bond acceptors (Lipinski definition) is 8. The van der Waals surface area contributed by atoms with E-state index in [1.165, 1.54) is 29.2 Å². The van der Waals surface area contributed by atoms with Gasteiger partial charge in [-0.15, -0.1) is 0 Å². The Morgan fingerprint density at radius 2 is 1.65 bits per heavy atom.